The predicted molar refractivity (Wildman–Crippen MR) is 76.2 cm³/mol. The van der Waals surface area contributed by atoms with Gasteiger partial charge in [-0.15, -0.1) is 0 Å². The molecule has 20 heavy (non-hydrogen) atoms. The SMILES string of the molecule is NC(Cc1ccc(C(F)(F)F)cc1)c1ccccc1Br. The Morgan fingerprint density at radius 3 is 2.15 bits per heavy atom. The van der Waals surface area contributed by atoms with Crippen molar-refractivity contribution in [3.63, 3.8) is 0 Å². The van der Waals surface area contributed by atoms with Gasteiger partial charge in [0.15, 0.2) is 0 Å². The molecule has 106 valence electrons. The molecule has 1 nitrogen and oxygen atoms in total. The summed E-state index contributed by atoms with van der Waals surface area (Å²) in [6.07, 6.45) is -3.82. The van der Waals surface area contributed by atoms with Crippen molar-refractivity contribution in [2.75, 3.05) is 0 Å². The van der Waals surface area contributed by atoms with Crippen LogP contribution in [0.4, 0.5) is 13.2 Å². The minimum Gasteiger partial charge on any atom is -0.324 e. The molecule has 0 aliphatic carbocycles. The second-order valence-electron chi connectivity index (χ2n) is 4.53. The Morgan fingerprint density at radius 1 is 1.00 bits per heavy atom. The Bertz CT molecular complexity index is 578. The summed E-state index contributed by atoms with van der Waals surface area (Å²) >= 11 is 3.42. The number of hydrogen-bond acceptors (Lipinski definition) is 1. The van der Waals surface area contributed by atoms with Crippen LogP contribution in [0.25, 0.3) is 0 Å². The van der Waals surface area contributed by atoms with Crippen molar-refractivity contribution in [1.29, 1.82) is 0 Å². The van der Waals surface area contributed by atoms with E-state index in [1.165, 1.54) is 12.1 Å². The lowest BCUT2D eigenvalue weighted by molar-refractivity contribution is -0.137. The second kappa shape index (κ2) is 5.97. The molecule has 0 saturated carbocycles. The Morgan fingerprint density at radius 2 is 1.60 bits per heavy atom. The fourth-order valence-electron chi connectivity index (χ4n) is 1.97. The van der Waals surface area contributed by atoms with Crippen LogP contribution >= 0.6 is 15.9 Å². The van der Waals surface area contributed by atoms with Gasteiger partial charge in [0.1, 0.15) is 0 Å². The highest BCUT2D eigenvalue weighted by molar-refractivity contribution is 9.10. The van der Waals surface area contributed by atoms with Crippen molar-refractivity contribution in [3.05, 3.63) is 69.7 Å². The summed E-state index contributed by atoms with van der Waals surface area (Å²) in [4.78, 5) is 0. The molecule has 0 amide bonds. The van der Waals surface area contributed by atoms with E-state index in [1.54, 1.807) is 0 Å². The number of benzene rings is 2. The number of hydrogen-bond donors (Lipinski definition) is 1. The zero-order valence-corrected chi connectivity index (χ0v) is 12.1. The van der Waals surface area contributed by atoms with Gasteiger partial charge in [-0.2, -0.15) is 13.2 Å². The molecular formula is C15H13BrF3N. The summed E-state index contributed by atoms with van der Waals surface area (Å²) in [7, 11) is 0. The lowest BCUT2D eigenvalue weighted by Gasteiger charge is -2.14. The molecule has 2 N–H and O–H groups in total. The maximum absolute atomic E-state index is 12.5. The largest absolute Gasteiger partial charge is 0.416 e. The van der Waals surface area contributed by atoms with Crippen molar-refractivity contribution >= 4 is 15.9 Å². The summed E-state index contributed by atoms with van der Waals surface area (Å²) in [5, 5.41) is 0. The summed E-state index contributed by atoms with van der Waals surface area (Å²) in [5.41, 5.74) is 7.17. The van der Waals surface area contributed by atoms with E-state index in [0.717, 1.165) is 27.7 Å². The average molecular weight is 344 g/mol. The highest BCUT2D eigenvalue weighted by Gasteiger charge is 2.29. The van der Waals surface area contributed by atoms with Gasteiger partial charge >= 0.3 is 6.18 Å². The maximum Gasteiger partial charge on any atom is 0.416 e. The van der Waals surface area contributed by atoms with Gasteiger partial charge in [0.25, 0.3) is 0 Å². The Balaban J connectivity index is 2.13. The van der Waals surface area contributed by atoms with E-state index in [9.17, 15) is 13.2 Å². The van der Waals surface area contributed by atoms with E-state index in [2.05, 4.69) is 15.9 Å². The van der Waals surface area contributed by atoms with Crippen LogP contribution in [0.5, 0.6) is 0 Å². The summed E-state index contributed by atoms with van der Waals surface area (Å²) < 4.78 is 38.3. The van der Waals surface area contributed by atoms with E-state index >= 15 is 0 Å². The molecule has 0 aliphatic rings. The molecule has 2 aromatic carbocycles. The zero-order valence-electron chi connectivity index (χ0n) is 10.5. The van der Waals surface area contributed by atoms with Gasteiger partial charge in [-0.1, -0.05) is 46.3 Å². The minimum atomic E-state index is -4.30. The van der Waals surface area contributed by atoms with Crippen molar-refractivity contribution in [2.24, 2.45) is 5.73 Å². The molecule has 0 bridgehead atoms. The van der Waals surface area contributed by atoms with E-state index < -0.39 is 11.7 Å². The first-order valence-electron chi connectivity index (χ1n) is 6.04. The van der Waals surface area contributed by atoms with Crippen LogP contribution in [0.1, 0.15) is 22.7 Å². The summed E-state index contributed by atoms with van der Waals surface area (Å²) in [6.45, 7) is 0. The zero-order chi connectivity index (χ0) is 14.8. The van der Waals surface area contributed by atoms with Gasteiger partial charge in [0, 0.05) is 10.5 Å². The van der Waals surface area contributed by atoms with Gasteiger partial charge in [-0.3, -0.25) is 0 Å². The molecule has 1 atom stereocenters. The van der Waals surface area contributed by atoms with Crippen LogP contribution in [0, 0.1) is 0 Å². The fourth-order valence-corrected chi connectivity index (χ4v) is 2.55. The monoisotopic (exact) mass is 343 g/mol. The molecule has 0 radical (unpaired) electrons. The van der Waals surface area contributed by atoms with Crippen molar-refractivity contribution in [2.45, 2.75) is 18.6 Å². The third kappa shape index (κ3) is 3.61. The third-order valence-corrected chi connectivity index (χ3v) is 3.76. The van der Waals surface area contributed by atoms with Gasteiger partial charge < -0.3 is 5.73 Å². The number of halogens is 4. The first kappa shape index (κ1) is 15.1. The summed E-state index contributed by atoms with van der Waals surface area (Å²) in [5.74, 6) is 0. The van der Waals surface area contributed by atoms with Crippen molar-refractivity contribution in [3.8, 4) is 0 Å². The maximum atomic E-state index is 12.5. The molecule has 0 aromatic heterocycles. The van der Waals surface area contributed by atoms with Gasteiger partial charge in [0.2, 0.25) is 0 Å². The molecule has 0 heterocycles. The quantitative estimate of drug-likeness (QED) is 0.857. The van der Waals surface area contributed by atoms with Gasteiger partial charge in [-0.05, 0) is 35.7 Å². The molecule has 1 unspecified atom stereocenters. The van der Waals surface area contributed by atoms with Crippen LogP contribution < -0.4 is 5.73 Å². The van der Waals surface area contributed by atoms with Crippen LogP contribution in [0.2, 0.25) is 0 Å². The molecule has 2 aromatic rings. The minimum absolute atomic E-state index is 0.262. The second-order valence-corrected chi connectivity index (χ2v) is 5.38. The highest BCUT2D eigenvalue weighted by atomic mass is 79.9. The fraction of sp³-hybridized carbons (Fsp3) is 0.200. The Hall–Kier alpha value is -1.33. The number of alkyl halides is 3. The lowest BCUT2D eigenvalue weighted by atomic mass is 9.99. The van der Waals surface area contributed by atoms with Crippen LogP contribution in [-0.4, -0.2) is 0 Å². The summed E-state index contributed by atoms with van der Waals surface area (Å²) in [6, 6.07) is 12.4. The molecule has 0 saturated heterocycles. The van der Waals surface area contributed by atoms with E-state index in [1.807, 2.05) is 24.3 Å². The van der Waals surface area contributed by atoms with E-state index in [4.69, 9.17) is 5.73 Å². The van der Waals surface area contributed by atoms with E-state index in [-0.39, 0.29) is 6.04 Å². The van der Waals surface area contributed by atoms with Crippen molar-refractivity contribution < 1.29 is 13.2 Å². The Kier molecular flexibility index (Phi) is 4.50. The molecule has 0 spiro atoms. The first-order valence-corrected chi connectivity index (χ1v) is 6.83. The Labute approximate surface area is 123 Å². The van der Waals surface area contributed by atoms with E-state index in [0.29, 0.717) is 6.42 Å². The van der Waals surface area contributed by atoms with Crippen LogP contribution in [0.15, 0.2) is 53.0 Å². The standard InChI is InChI=1S/C15H13BrF3N/c16-13-4-2-1-3-12(13)14(20)9-10-5-7-11(8-6-10)15(17,18)19/h1-8,14H,9,20H2. The van der Waals surface area contributed by atoms with Crippen molar-refractivity contribution in [1.82, 2.24) is 0 Å². The third-order valence-electron chi connectivity index (χ3n) is 3.04. The molecule has 0 aliphatic heterocycles. The van der Waals surface area contributed by atoms with Crippen LogP contribution in [-0.2, 0) is 12.6 Å². The first-order chi connectivity index (χ1) is 9.38. The average Bonchev–Trinajstić information content (AvgIpc) is 2.38. The lowest BCUT2D eigenvalue weighted by Crippen LogP contribution is -2.14. The topological polar surface area (TPSA) is 26.0 Å². The molecular weight excluding hydrogens is 331 g/mol. The molecule has 2 rings (SSSR count). The molecule has 5 heteroatoms. The number of rotatable bonds is 3. The van der Waals surface area contributed by atoms with Gasteiger partial charge in [-0.25, -0.2) is 0 Å². The predicted octanol–water partition coefficient (Wildman–Crippen LogP) is 4.71. The highest BCUT2D eigenvalue weighted by Crippen LogP contribution is 2.30. The van der Waals surface area contributed by atoms with Gasteiger partial charge in [0.05, 0.1) is 5.56 Å². The van der Waals surface area contributed by atoms with Crippen LogP contribution in [0.3, 0.4) is 0 Å². The smallest absolute Gasteiger partial charge is 0.324 e. The molecule has 0 fully saturated rings. The normalized spacial score (nSPS) is 13.2. The number of nitrogens with two attached hydrogens (primary N) is 1.